The van der Waals surface area contributed by atoms with E-state index in [2.05, 4.69) is 20.7 Å². The van der Waals surface area contributed by atoms with Crippen molar-refractivity contribution in [3.8, 4) is 16.8 Å². The average molecular weight is 415 g/mol. The Hall–Kier alpha value is -3.48. The second kappa shape index (κ2) is 7.98. The van der Waals surface area contributed by atoms with Crippen molar-refractivity contribution >= 4 is 17.5 Å². The number of carbonyl (C=O) groups excluding carboxylic acids is 2. The van der Waals surface area contributed by atoms with Gasteiger partial charge in [0.15, 0.2) is 0 Å². The van der Waals surface area contributed by atoms with Gasteiger partial charge in [0.05, 0.1) is 30.0 Å². The minimum absolute atomic E-state index is 0.0322. The molecule has 2 aromatic heterocycles. The summed E-state index contributed by atoms with van der Waals surface area (Å²) in [6.07, 6.45) is 12.2. The van der Waals surface area contributed by atoms with Crippen LogP contribution in [0.25, 0.3) is 16.8 Å². The molecule has 7 nitrogen and oxygen atoms in total. The van der Waals surface area contributed by atoms with Gasteiger partial charge >= 0.3 is 0 Å². The molecule has 3 aromatic rings. The van der Waals surface area contributed by atoms with Crippen molar-refractivity contribution in [2.75, 3.05) is 5.32 Å². The lowest BCUT2D eigenvalue weighted by Crippen LogP contribution is -2.28. The van der Waals surface area contributed by atoms with Gasteiger partial charge in [-0.2, -0.15) is 5.10 Å². The van der Waals surface area contributed by atoms with Crippen molar-refractivity contribution in [3.05, 3.63) is 60.2 Å². The smallest absolute Gasteiger partial charge is 0.251 e. The van der Waals surface area contributed by atoms with Gasteiger partial charge in [-0.3, -0.25) is 14.6 Å². The zero-order valence-corrected chi connectivity index (χ0v) is 17.5. The number of aryl methyl sites for hydroxylation is 1. The number of nitrogens with one attached hydrogen (secondary N) is 2. The maximum atomic E-state index is 12.4. The molecule has 0 unspecified atom stereocenters. The molecule has 2 N–H and O–H groups in total. The maximum absolute atomic E-state index is 12.4. The summed E-state index contributed by atoms with van der Waals surface area (Å²) in [6, 6.07) is 7.94. The molecular formula is C24H25N5O2. The summed E-state index contributed by atoms with van der Waals surface area (Å²) in [4.78, 5) is 28.9. The third-order valence-corrected chi connectivity index (χ3v) is 6.04. The molecule has 0 atom stereocenters. The van der Waals surface area contributed by atoms with Crippen LogP contribution in [0, 0.1) is 12.8 Å². The van der Waals surface area contributed by atoms with Gasteiger partial charge in [-0.25, -0.2) is 4.68 Å². The molecule has 2 aliphatic carbocycles. The van der Waals surface area contributed by atoms with Crippen molar-refractivity contribution < 1.29 is 9.59 Å². The maximum Gasteiger partial charge on any atom is 0.251 e. The number of benzene rings is 1. The Labute approximate surface area is 180 Å². The van der Waals surface area contributed by atoms with E-state index in [0.717, 1.165) is 54.5 Å². The quantitative estimate of drug-likeness (QED) is 0.640. The van der Waals surface area contributed by atoms with Crippen LogP contribution < -0.4 is 10.6 Å². The molecule has 7 heteroatoms. The number of anilines is 1. The third-order valence-electron chi connectivity index (χ3n) is 6.04. The van der Waals surface area contributed by atoms with E-state index >= 15 is 0 Å². The molecule has 2 fully saturated rings. The summed E-state index contributed by atoms with van der Waals surface area (Å²) >= 11 is 0. The summed E-state index contributed by atoms with van der Waals surface area (Å²) in [5.74, 6) is 0.144. The van der Waals surface area contributed by atoms with Gasteiger partial charge in [-0.1, -0.05) is 12.5 Å². The Kier molecular flexibility index (Phi) is 5.02. The number of aromatic nitrogens is 3. The van der Waals surface area contributed by atoms with Crippen molar-refractivity contribution in [2.24, 2.45) is 5.92 Å². The Morgan fingerprint density at radius 2 is 1.90 bits per heavy atom. The second-order valence-electron chi connectivity index (χ2n) is 8.50. The Bertz CT molecular complexity index is 1140. The van der Waals surface area contributed by atoms with Crippen LogP contribution in [0.4, 0.5) is 5.69 Å². The summed E-state index contributed by atoms with van der Waals surface area (Å²) in [5, 5.41) is 10.5. The molecule has 2 aliphatic rings. The highest BCUT2D eigenvalue weighted by Gasteiger charge is 2.25. The minimum Gasteiger partial charge on any atom is -0.349 e. The first-order valence-corrected chi connectivity index (χ1v) is 10.8. The number of carbonyl (C=O) groups is 2. The van der Waals surface area contributed by atoms with E-state index in [-0.39, 0.29) is 17.7 Å². The van der Waals surface area contributed by atoms with Crippen LogP contribution in [0.1, 0.15) is 48.0 Å². The van der Waals surface area contributed by atoms with Gasteiger partial charge in [0, 0.05) is 29.3 Å². The lowest BCUT2D eigenvalue weighted by Gasteiger charge is -2.24. The van der Waals surface area contributed by atoms with Crippen LogP contribution in [-0.4, -0.2) is 32.6 Å². The summed E-state index contributed by atoms with van der Waals surface area (Å²) in [7, 11) is 0. The predicted octanol–water partition coefficient (Wildman–Crippen LogP) is 3.87. The molecule has 0 radical (unpaired) electrons. The zero-order chi connectivity index (χ0) is 21.4. The standard InChI is InChI=1S/C24H25N5O2/c1-15-5-6-17(24(31)27-19-7-8-19)9-22(15)18-11-26-29(14-18)21-10-20(12-25-13-21)28-23(30)16-3-2-4-16/h5-6,9-14,16,19H,2-4,7-8H2,1H3,(H,27,31)(H,28,30). The number of pyridine rings is 1. The van der Waals surface area contributed by atoms with Crippen molar-refractivity contribution in [1.29, 1.82) is 0 Å². The number of nitrogens with zero attached hydrogens (tertiary/aromatic N) is 3. The van der Waals surface area contributed by atoms with E-state index in [0.29, 0.717) is 17.3 Å². The molecule has 2 saturated carbocycles. The average Bonchev–Trinajstić information content (AvgIpc) is 3.39. The van der Waals surface area contributed by atoms with Gasteiger partial charge in [-0.15, -0.1) is 0 Å². The Morgan fingerprint density at radius 1 is 1.06 bits per heavy atom. The van der Waals surface area contributed by atoms with Crippen molar-refractivity contribution in [3.63, 3.8) is 0 Å². The SMILES string of the molecule is Cc1ccc(C(=O)NC2CC2)cc1-c1cnn(-c2cncc(NC(=O)C3CCC3)c2)c1. The van der Waals surface area contributed by atoms with E-state index in [1.54, 1.807) is 23.3 Å². The van der Waals surface area contributed by atoms with Gasteiger partial charge in [0.25, 0.3) is 5.91 Å². The number of hydrogen-bond donors (Lipinski definition) is 2. The highest BCUT2D eigenvalue weighted by Crippen LogP contribution is 2.28. The Morgan fingerprint density at radius 3 is 2.65 bits per heavy atom. The van der Waals surface area contributed by atoms with Crippen molar-refractivity contribution in [1.82, 2.24) is 20.1 Å². The van der Waals surface area contributed by atoms with Crippen LogP contribution in [0.2, 0.25) is 0 Å². The largest absolute Gasteiger partial charge is 0.349 e. The van der Waals surface area contributed by atoms with Gasteiger partial charge in [0.2, 0.25) is 5.91 Å². The summed E-state index contributed by atoms with van der Waals surface area (Å²) in [6.45, 7) is 2.02. The fourth-order valence-electron chi connectivity index (χ4n) is 3.71. The van der Waals surface area contributed by atoms with Crippen LogP contribution in [0.15, 0.2) is 49.1 Å². The van der Waals surface area contributed by atoms with Crippen LogP contribution in [0.5, 0.6) is 0 Å². The summed E-state index contributed by atoms with van der Waals surface area (Å²) < 4.78 is 1.73. The van der Waals surface area contributed by atoms with E-state index < -0.39 is 0 Å². The topological polar surface area (TPSA) is 88.9 Å². The molecule has 158 valence electrons. The second-order valence-corrected chi connectivity index (χ2v) is 8.50. The monoisotopic (exact) mass is 415 g/mol. The zero-order valence-electron chi connectivity index (χ0n) is 17.5. The van der Waals surface area contributed by atoms with Gasteiger partial charge < -0.3 is 10.6 Å². The van der Waals surface area contributed by atoms with E-state index in [9.17, 15) is 9.59 Å². The first kappa shape index (κ1) is 19.5. The van der Waals surface area contributed by atoms with E-state index in [1.807, 2.05) is 37.4 Å². The van der Waals surface area contributed by atoms with Crippen LogP contribution in [0.3, 0.4) is 0 Å². The molecule has 31 heavy (non-hydrogen) atoms. The highest BCUT2D eigenvalue weighted by molar-refractivity contribution is 5.96. The molecule has 0 saturated heterocycles. The Balaban J connectivity index is 1.37. The fourth-order valence-corrected chi connectivity index (χ4v) is 3.71. The first-order chi connectivity index (χ1) is 15.1. The first-order valence-electron chi connectivity index (χ1n) is 10.8. The molecule has 0 bridgehead atoms. The number of rotatable bonds is 6. The van der Waals surface area contributed by atoms with E-state index in [1.165, 1.54) is 0 Å². The number of amides is 2. The number of hydrogen-bond acceptors (Lipinski definition) is 4. The molecule has 0 aliphatic heterocycles. The van der Waals surface area contributed by atoms with E-state index in [4.69, 9.17) is 0 Å². The molecule has 2 heterocycles. The third kappa shape index (κ3) is 4.21. The summed E-state index contributed by atoms with van der Waals surface area (Å²) in [5.41, 5.74) is 5.05. The van der Waals surface area contributed by atoms with Gasteiger partial charge in [0.1, 0.15) is 0 Å². The normalized spacial score (nSPS) is 15.9. The van der Waals surface area contributed by atoms with Crippen LogP contribution >= 0.6 is 0 Å². The molecule has 5 rings (SSSR count). The van der Waals surface area contributed by atoms with Crippen molar-refractivity contribution in [2.45, 2.75) is 45.1 Å². The lowest BCUT2D eigenvalue weighted by molar-refractivity contribution is -0.122. The minimum atomic E-state index is -0.0322. The highest BCUT2D eigenvalue weighted by atomic mass is 16.2. The van der Waals surface area contributed by atoms with Gasteiger partial charge in [-0.05, 0) is 61.9 Å². The predicted molar refractivity (Wildman–Crippen MR) is 118 cm³/mol. The molecule has 1 aromatic carbocycles. The molecule has 2 amide bonds. The molecule has 0 spiro atoms. The lowest BCUT2D eigenvalue weighted by atomic mass is 9.85. The molecular weight excluding hydrogens is 390 g/mol. The van der Waals surface area contributed by atoms with Crippen LogP contribution in [-0.2, 0) is 4.79 Å². The fraction of sp³-hybridized carbons (Fsp3) is 0.333.